The Hall–Kier alpha value is -1.28. The number of hydrogen-bond acceptors (Lipinski definition) is 1. The zero-order valence-corrected chi connectivity index (χ0v) is 10.5. The first-order valence-corrected chi connectivity index (χ1v) is 6.41. The number of aromatic nitrogens is 1. The smallest absolute Gasteiger partial charge is 0.0456 e. The van der Waals surface area contributed by atoms with Crippen LogP contribution in [0.15, 0.2) is 30.5 Å². The minimum atomic E-state index is 0.353. The molecular weight excluding hydrogens is 208 g/mol. The first kappa shape index (κ1) is 10.8. The summed E-state index contributed by atoms with van der Waals surface area (Å²) in [6, 6.07) is 8.90. The van der Waals surface area contributed by atoms with Crippen LogP contribution in [0.1, 0.15) is 25.8 Å². The molecule has 0 aliphatic heterocycles. The fourth-order valence-electron chi connectivity index (χ4n) is 2.99. The van der Waals surface area contributed by atoms with Gasteiger partial charge >= 0.3 is 0 Å². The van der Waals surface area contributed by atoms with Crippen molar-refractivity contribution >= 4 is 10.9 Å². The van der Waals surface area contributed by atoms with Gasteiger partial charge in [0.05, 0.1) is 0 Å². The molecule has 2 atom stereocenters. The number of aromatic amines is 1. The number of nitrogens with one attached hydrogen (secondary N) is 1. The highest BCUT2D eigenvalue weighted by molar-refractivity contribution is 5.83. The van der Waals surface area contributed by atoms with Crippen LogP contribution < -0.4 is 5.73 Å². The van der Waals surface area contributed by atoms with Gasteiger partial charge in [-0.2, -0.15) is 0 Å². The maximum atomic E-state index is 6.09. The van der Waals surface area contributed by atoms with Gasteiger partial charge in [0.15, 0.2) is 0 Å². The van der Waals surface area contributed by atoms with Crippen molar-refractivity contribution in [1.29, 1.82) is 0 Å². The van der Waals surface area contributed by atoms with E-state index in [2.05, 4.69) is 49.3 Å². The largest absolute Gasteiger partial charge is 0.361 e. The van der Waals surface area contributed by atoms with E-state index in [0.717, 1.165) is 6.42 Å². The summed E-state index contributed by atoms with van der Waals surface area (Å²) in [5.74, 6) is 0.691. The first-order valence-electron chi connectivity index (χ1n) is 6.41. The lowest BCUT2D eigenvalue weighted by Gasteiger charge is -2.01. The van der Waals surface area contributed by atoms with Crippen LogP contribution in [0.2, 0.25) is 0 Å². The van der Waals surface area contributed by atoms with E-state index in [9.17, 15) is 0 Å². The summed E-state index contributed by atoms with van der Waals surface area (Å²) in [7, 11) is 0. The molecule has 0 amide bonds. The summed E-state index contributed by atoms with van der Waals surface area (Å²) in [6.45, 7) is 4.55. The van der Waals surface area contributed by atoms with Gasteiger partial charge in [-0.3, -0.25) is 0 Å². The van der Waals surface area contributed by atoms with Crippen LogP contribution >= 0.6 is 0 Å². The molecule has 2 heteroatoms. The summed E-state index contributed by atoms with van der Waals surface area (Å²) < 4.78 is 0. The maximum absolute atomic E-state index is 6.09. The fourth-order valence-corrected chi connectivity index (χ4v) is 2.99. The van der Waals surface area contributed by atoms with Gasteiger partial charge in [-0.25, -0.2) is 0 Å². The van der Waals surface area contributed by atoms with E-state index in [1.807, 2.05) is 0 Å². The summed E-state index contributed by atoms with van der Waals surface area (Å²) in [5, 5.41) is 1.36. The third kappa shape index (κ3) is 1.67. The maximum Gasteiger partial charge on any atom is 0.0456 e. The highest BCUT2D eigenvalue weighted by Gasteiger charge is 2.54. The molecule has 2 unspecified atom stereocenters. The van der Waals surface area contributed by atoms with E-state index in [1.54, 1.807) is 0 Å². The Balaban J connectivity index is 1.74. The van der Waals surface area contributed by atoms with E-state index < -0.39 is 0 Å². The molecule has 17 heavy (non-hydrogen) atoms. The predicted molar refractivity (Wildman–Crippen MR) is 71.9 cm³/mol. The summed E-state index contributed by atoms with van der Waals surface area (Å²) in [5.41, 5.74) is 9.11. The Morgan fingerprint density at radius 2 is 2.00 bits per heavy atom. The lowest BCUT2D eigenvalue weighted by molar-refractivity contribution is 0.530. The third-order valence-corrected chi connectivity index (χ3v) is 4.54. The average molecular weight is 228 g/mol. The zero-order valence-electron chi connectivity index (χ0n) is 10.5. The van der Waals surface area contributed by atoms with Gasteiger partial charge < -0.3 is 10.7 Å². The highest BCUT2D eigenvalue weighted by Crippen LogP contribution is 2.52. The lowest BCUT2D eigenvalue weighted by atomic mass is 10.0. The number of aryl methyl sites for hydroxylation is 1. The number of nitrogens with two attached hydrogens (primary N) is 1. The second kappa shape index (κ2) is 3.61. The predicted octanol–water partition coefficient (Wildman–Crippen LogP) is 3.08. The Morgan fingerprint density at radius 1 is 1.29 bits per heavy atom. The van der Waals surface area contributed by atoms with Gasteiger partial charge in [0.25, 0.3) is 0 Å². The molecule has 2 nitrogen and oxygen atoms in total. The van der Waals surface area contributed by atoms with Crippen molar-refractivity contribution in [2.45, 2.75) is 32.7 Å². The second-order valence-electron chi connectivity index (χ2n) is 5.85. The molecule has 0 radical (unpaired) electrons. The van der Waals surface area contributed by atoms with Crippen LogP contribution in [0.25, 0.3) is 10.9 Å². The van der Waals surface area contributed by atoms with Crippen LogP contribution in [0.3, 0.4) is 0 Å². The summed E-state index contributed by atoms with van der Waals surface area (Å²) in [6.07, 6.45) is 4.48. The Morgan fingerprint density at radius 3 is 2.71 bits per heavy atom. The standard InChI is InChI=1S/C15H20N2/c1-15(2)12(14(15)16)8-7-10-9-17-13-6-4-3-5-11(10)13/h3-6,9,12,14,17H,7-8,16H2,1-2H3. The van der Waals surface area contributed by atoms with Gasteiger partial charge in [-0.15, -0.1) is 0 Å². The Bertz CT molecular complexity index is 539. The quantitative estimate of drug-likeness (QED) is 0.833. The van der Waals surface area contributed by atoms with E-state index >= 15 is 0 Å². The molecule has 3 N–H and O–H groups in total. The molecule has 1 aliphatic carbocycles. The zero-order chi connectivity index (χ0) is 12.0. The molecule has 1 saturated carbocycles. The van der Waals surface area contributed by atoms with Gasteiger partial charge in [0, 0.05) is 23.1 Å². The van der Waals surface area contributed by atoms with Crippen molar-refractivity contribution in [3.05, 3.63) is 36.0 Å². The van der Waals surface area contributed by atoms with Crippen molar-refractivity contribution in [2.24, 2.45) is 17.1 Å². The molecule has 90 valence electrons. The average Bonchev–Trinajstić information content (AvgIpc) is 2.67. The third-order valence-electron chi connectivity index (χ3n) is 4.54. The molecule has 1 aromatic carbocycles. The molecule has 0 spiro atoms. The molecule has 0 saturated heterocycles. The number of H-pyrrole nitrogens is 1. The van der Waals surface area contributed by atoms with Crippen molar-refractivity contribution in [3.8, 4) is 0 Å². The van der Waals surface area contributed by atoms with Crippen molar-refractivity contribution < 1.29 is 0 Å². The molecular formula is C15H20N2. The molecule has 1 aliphatic rings. The van der Waals surface area contributed by atoms with Crippen LogP contribution in [0.5, 0.6) is 0 Å². The number of benzene rings is 1. The molecule has 2 aromatic rings. The SMILES string of the molecule is CC1(C)C(N)C1CCc1c[nH]c2ccccc12. The Labute approximate surface area is 102 Å². The van der Waals surface area contributed by atoms with Crippen LogP contribution in [-0.2, 0) is 6.42 Å². The highest BCUT2D eigenvalue weighted by atomic mass is 14.8. The van der Waals surface area contributed by atoms with Gasteiger partial charge in [-0.05, 0) is 35.8 Å². The number of para-hydroxylation sites is 1. The van der Waals surface area contributed by atoms with Crippen LogP contribution in [-0.4, -0.2) is 11.0 Å². The van der Waals surface area contributed by atoms with Gasteiger partial charge in [0.1, 0.15) is 0 Å². The van der Waals surface area contributed by atoms with Crippen molar-refractivity contribution in [2.75, 3.05) is 0 Å². The fraction of sp³-hybridized carbons (Fsp3) is 0.467. The van der Waals surface area contributed by atoms with Crippen molar-refractivity contribution in [1.82, 2.24) is 4.98 Å². The molecule has 1 aromatic heterocycles. The molecule has 3 rings (SSSR count). The lowest BCUT2D eigenvalue weighted by Crippen LogP contribution is -2.06. The monoisotopic (exact) mass is 228 g/mol. The van der Waals surface area contributed by atoms with Gasteiger partial charge in [0.2, 0.25) is 0 Å². The van der Waals surface area contributed by atoms with E-state index in [-0.39, 0.29) is 0 Å². The molecule has 0 bridgehead atoms. The Kier molecular flexibility index (Phi) is 2.30. The van der Waals surface area contributed by atoms with E-state index in [0.29, 0.717) is 17.4 Å². The first-order chi connectivity index (χ1) is 8.10. The normalized spacial score (nSPS) is 26.3. The molecule has 1 fully saturated rings. The van der Waals surface area contributed by atoms with Crippen molar-refractivity contribution in [3.63, 3.8) is 0 Å². The van der Waals surface area contributed by atoms with Crippen LogP contribution in [0.4, 0.5) is 0 Å². The minimum Gasteiger partial charge on any atom is -0.361 e. The topological polar surface area (TPSA) is 41.8 Å². The minimum absolute atomic E-state index is 0.353. The summed E-state index contributed by atoms with van der Waals surface area (Å²) >= 11 is 0. The molecule has 1 heterocycles. The number of fused-ring (bicyclic) bond motifs is 1. The van der Waals surface area contributed by atoms with E-state index in [4.69, 9.17) is 5.73 Å². The number of hydrogen-bond donors (Lipinski definition) is 2. The van der Waals surface area contributed by atoms with Gasteiger partial charge in [-0.1, -0.05) is 32.0 Å². The van der Waals surface area contributed by atoms with Crippen LogP contribution in [0, 0.1) is 11.3 Å². The summed E-state index contributed by atoms with van der Waals surface area (Å²) in [4.78, 5) is 3.33. The van der Waals surface area contributed by atoms with E-state index in [1.165, 1.54) is 22.9 Å². The second-order valence-corrected chi connectivity index (χ2v) is 5.85. The number of rotatable bonds is 3.